The largest absolute Gasteiger partial charge is 0.466 e. The van der Waals surface area contributed by atoms with Crippen molar-refractivity contribution < 1.29 is 24.0 Å². The molecule has 0 radical (unpaired) electrons. The number of rotatable bonds is 4. The van der Waals surface area contributed by atoms with E-state index in [1.807, 2.05) is 0 Å². The number of ether oxygens (including phenoxy) is 1. The van der Waals surface area contributed by atoms with Crippen LogP contribution in [0.3, 0.4) is 0 Å². The number of hydrogen-bond acceptors (Lipinski definition) is 7. The van der Waals surface area contributed by atoms with Crippen molar-refractivity contribution in [3.63, 3.8) is 0 Å². The molecule has 0 N–H and O–H groups in total. The molecule has 0 spiro atoms. The van der Waals surface area contributed by atoms with Crippen LogP contribution in [0.25, 0.3) is 0 Å². The molecule has 3 rings (SSSR count). The molecule has 2 amide bonds. The van der Waals surface area contributed by atoms with E-state index in [-0.39, 0.29) is 32.0 Å². The fourth-order valence-electron chi connectivity index (χ4n) is 2.48. The van der Waals surface area contributed by atoms with Gasteiger partial charge in [0.25, 0.3) is 17.5 Å². The minimum absolute atomic E-state index is 0.0426. The van der Waals surface area contributed by atoms with Crippen LogP contribution in [0, 0.1) is 10.1 Å². The Morgan fingerprint density at radius 2 is 1.87 bits per heavy atom. The molecule has 0 atom stereocenters. The molecular formula is C19H11Cl2N3O6S. The number of carbonyl (C=O) groups excluding carboxylic acids is 3. The Labute approximate surface area is 189 Å². The second-order valence-corrected chi connectivity index (χ2v) is 7.72. The van der Waals surface area contributed by atoms with E-state index in [4.69, 9.17) is 23.2 Å². The molecule has 1 aliphatic heterocycles. The normalized spacial score (nSPS) is 16.1. The highest BCUT2D eigenvalue weighted by Gasteiger charge is 2.36. The van der Waals surface area contributed by atoms with Crippen molar-refractivity contribution in [2.45, 2.75) is 0 Å². The van der Waals surface area contributed by atoms with Crippen molar-refractivity contribution >= 4 is 69.3 Å². The van der Waals surface area contributed by atoms with Crippen LogP contribution in [0.1, 0.15) is 10.4 Å². The molecular weight excluding hydrogens is 469 g/mol. The summed E-state index contributed by atoms with van der Waals surface area (Å²) in [6.07, 6.45) is 0.966. The van der Waals surface area contributed by atoms with Gasteiger partial charge in [-0.2, -0.15) is 4.99 Å². The van der Waals surface area contributed by atoms with E-state index in [1.165, 1.54) is 42.5 Å². The first kappa shape index (κ1) is 22.5. The summed E-state index contributed by atoms with van der Waals surface area (Å²) in [5.74, 6) is -2.17. The zero-order chi connectivity index (χ0) is 22.7. The van der Waals surface area contributed by atoms with Crippen LogP contribution < -0.4 is 4.90 Å². The lowest BCUT2D eigenvalue weighted by Gasteiger charge is -2.15. The average Bonchev–Trinajstić information content (AvgIpc) is 3.02. The summed E-state index contributed by atoms with van der Waals surface area (Å²) < 4.78 is 4.54. The van der Waals surface area contributed by atoms with E-state index in [0.29, 0.717) is 5.02 Å². The summed E-state index contributed by atoms with van der Waals surface area (Å²) in [7, 11) is 1.15. The second-order valence-electron chi connectivity index (χ2n) is 5.87. The van der Waals surface area contributed by atoms with Crippen LogP contribution in [0.2, 0.25) is 10.0 Å². The highest BCUT2D eigenvalue weighted by Crippen LogP contribution is 2.36. The molecule has 0 saturated carbocycles. The number of anilines is 1. The standard InChI is InChI=1S/C19H11Cl2N3O6S/c1-30-16(25)9-15-18(27)23(11-3-5-12(6-4-11)24(28)29)19(31-15)22-17(26)13-7-2-10(20)8-14(13)21/h2-9H,1H3. The van der Waals surface area contributed by atoms with Gasteiger partial charge in [-0.1, -0.05) is 23.2 Å². The van der Waals surface area contributed by atoms with Crippen LogP contribution in [0.15, 0.2) is 58.4 Å². The van der Waals surface area contributed by atoms with Gasteiger partial charge in [0.15, 0.2) is 5.17 Å². The van der Waals surface area contributed by atoms with Gasteiger partial charge in [0.05, 0.1) is 33.2 Å². The Kier molecular flexibility index (Phi) is 6.74. The Morgan fingerprint density at radius 1 is 1.19 bits per heavy atom. The lowest BCUT2D eigenvalue weighted by molar-refractivity contribution is -0.384. The molecule has 31 heavy (non-hydrogen) atoms. The van der Waals surface area contributed by atoms with Gasteiger partial charge in [0, 0.05) is 23.2 Å². The monoisotopic (exact) mass is 479 g/mol. The van der Waals surface area contributed by atoms with Crippen molar-refractivity contribution in [1.29, 1.82) is 0 Å². The SMILES string of the molecule is COC(=O)C=C1SC(=NC(=O)c2ccc(Cl)cc2Cl)N(c2ccc([N+](=O)[O-])cc2)C1=O. The summed E-state index contributed by atoms with van der Waals surface area (Å²) in [6.45, 7) is 0. The molecule has 0 bridgehead atoms. The maximum atomic E-state index is 12.9. The van der Waals surface area contributed by atoms with Crippen LogP contribution in [0.5, 0.6) is 0 Å². The van der Waals surface area contributed by atoms with Gasteiger partial charge in [-0.25, -0.2) is 4.79 Å². The summed E-state index contributed by atoms with van der Waals surface area (Å²) in [6, 6.07) is 9.28. The average molecular weight is 480 g/mol. The number of methoxy groups -OCH3 is 1. The summed E-state index contributed by atoms with van der Waals surface area (Å²) in [5, 5.41) is 11.2. The highest BCUT2D eigenvalue weighted by molar-refractivity contribution is 8.19. The number of benzene rings is 2. The number of hydrogen-bond donors (Lipinski definition) is 0. The number of esters is 1. The third-order valence-electron chi connectivity index (χ3n) is 3.93. The molecule has 0 unspecified atom stereocenters. The predicted molar refractivity (Wildman–Crippen MR) is 116 cm³/mol. The molecule has 1 saturated heterocycles. The lowest BCUT2D eigenvalue weighted by atomic mass is 10.2. The van der Waals surface area contributed by atoms with Gasteiger partial charge in [-0.05, 0) is 42.1 Å². The van der Waals surface area contributed by atoms with Crippen molar-refractivity contribution in [2.75, 3.05) is 12.0 Å². The Bertz CT molecular complexity index is 1160. The quantitative estimate of drug-likeness (QED) is 0.278. The van der Waals surface area contributed by atoms with E-state index >= 15 is 0 Å². The third-order valence-corrected chi connectivity index (χ3v) is 5.45. The molecule has 1 aliphatic rings. The molecule has 0 aromatic heterocycles. The van der Waals surface area contributed by atoms with Gasteiger partial charge in [0.2, 0.25) is 0 Å². The zero-order valence-corrected chi connectivity index (χ0v) is 17.9. The minimum Gasteiger partial charge on any atom is -0.466 e. The molecule has 2 aromatic carbocycles. The maximum absolute atomic E-state index is 12.9. The Morgan fingerprint density at radius 3 is 2.45 bits per heavy atom. The highest BCUT2D eigenvalue weighted by atomic mass is 35.5. The summed E-state index contributed by atoms with van der Waals surface area (Å²) in [4.78, 5) is 52.5. The molecule has 0 aliphatic carbocycles. The van der Waals surface area contributed by atoms with E-state index in [2.05, 4.69) is 9.73 Å². The molecule has 1 heterocycles. The van der Waals surface area contributed by atoms with E-state index in [9.17, 15) is 24.5 Å². The van der Waals surface area contributed by atoms with Gasteiger partial charge in [-0.15, -0.1) is 0 Å². The van der Waals surface area contributed by atoms with Crippen LogP contribution in [0.4, 0.5) is 11.4 Å². The first-order valence-electron chi connectivity index (χ1n) is 8.35. The topological polar surface area (TPSA) is 119 Å². The fraction of sp³-hybridized carbons (Fsp3) is 0.0526. The minimum atomic E-state index is -0.771. The first-order valence-corrected chi connectivity index (χ1v) is 9.93. The lowest BCUT2D eigenvalue weighted by Crippen LogP contribution is -2.29. The van der Waals surface area contributed by atoms with Gasteiger partial charge in [-0.3, -0.25) is 24.6 Å². The molecule has 2 aromatic rings. The van der Waals surface area contributed by atoms with Crippen LogP contribution >= 0.6 is 35.0 Å². The zero-order valence-electron chi connectivity index (χ0n) is 15.6. The van der Waals surface area contributed by atoms with E-state index in [1.54, 1.807) is 0 Å². The fourth-order valence-corrected chi connectivity index (χ4v) is 3.90. The van der Waals surface area contributed by atoms with E-state index < -0.39 is 22.7 Å². The van der Waals surface area contributed by atoms with Crippen LogP contribution in [-0.4, -0.2) is 35.0 Å². The first-order chi connectivity index (χ1) is 14.7. The number of carbonyl (C=O) groups is 3. The molecule has 1 fully saturated rings. The number of nitrogens with zero attached hydrogens (tertiary/aromatic N) is 3. The number of non-ortho nitro benzene ring substituents is 1. The number of aliphatic imine (C=N–C) groups is 1. The molecule has 9 nitrogen and oxygen atoms in total. The molecule has 158 valence electrons. The van der Waals surface area contributed by atoms with Crippen molar-refractivity contribution in [3.05, 3.63) is 79.2 Å². The van der Waals surface area contributed by atoms with Crippen LogP contribution in [-0.2, 0) is 14.3 Å². The number of nitro benzene ring substituents is 1. The Hall–Kier alpha value is -3.21. The van der Waals surface area contributed by atoms with Gasteiger partial charge < -0.3 is 4.74 Å². The van der Waals surface area contributed by atoms with E-state index in [0.717, 1.165) is 29.8 Å². The van der Waals surface area contributed by atoms with Gasteiger partial charge in [0.1, 0.15) is 0 Å². The number of halogens is 2. The van der Waals surface area contributed by atoms with Crippen molar-refractivity contribution in [3.8, 4) is 0 Å². The van der Waals surface area contributed by atoms with Crippen molar-refractivity contribution in [1.82, 2.24) is 0 Å². The third kappa shape index (κ3) is 4.93. The number of nitro groups is 1. The summed E-state index contributed by atoms with van der Waals surface area (Å²) >= 11 is 12.7. The number of amides is 2. The van der Waals surface area contributed by atoms with Crippen molar-refractivity contribution in [2.24, 2.45) is 4.99 Å². The molecule has 12 heteroatoms. The number of thioether (sulfide) groups is 1. The second kappa shape index (κ2) is 9.29. The maximum Gasteiger partial charge on any atom is 0.331 e. The predicted octanol–water partition coefficient (Wildman–Crippen LogP) is 4.23. The van der Waals surface area contributed by atoms with Gasteiger partial charge >= 0.3 is 5.97 Å². The number of amidine groups is 1. The smallest absolute Gasteiger partial charge is 0.331 e. The summed E-state index contributed by atoms with van der Waals surface area (Å²) in [5.41, 5.74) is 0.0849. The Balaban J connectivity index is 2.05.